The van der Waals surface area contributed by atoms with Crippen LogP contribution in [0.25, 0.3) is 0 Å². The highest BCUT2D eigenvalue weighted by molar-refractivity contribution is 5.75. The Bertz CT molecular complexity index is 306. The molecule has 2 unspecified atom stereocenters. The number of hydrogen-bond acceptors (Lipinski definition) is 2. The monoisotopic (exact) mass is 339 g/mol. The molecule has 0 saturated carbocycles. The van der Waals surface area contributed by atoms with Crippen LogP contribution in [0.15, 0.2) is 0 Å². The molecule has 0 aromatic carbocycles. The van der Waals surface area contributed by atoms with E-state index in [-0.39, 0.29) is 5.91 Å². The Morgan fingerprint density at radius 1 is 0.750 bits per heavy atom. The van der Waals surface area contributed by atoms with Crippen molar-refractivity contribution in [2.24, 2.45) is 0 Å². The fraction of sp³-hybridized carbons (Fsp3) is 0.952. The number of carbonyl (C=O) groups excluding carboxylic acids is 1. The van der Waals surface area contributed by atoms with E-state index in [9.17, 15) is 4.79 Å². The molecule has 1 aliphatic rings. The molecule has 0 radical (unpaired) electrons. The molecule has 1 saturated heterocycles. The Hall–Kier alpha value is -0.570. The number of epoxide rings is 1. The quantitative estimate of drug-likeness (QED) is 0.270. The molecule has 0 bridgehead atoms. The van der Waals surface area contributed by atoms with Gasteiger partial charge in [0.2, 0.25) is 5.91 Å². The van der Waals surface area contributed by atoms with Crippen LogP contribution < -0.4 is 5.32 Å². The number of amides is 1. The highest BCUT2D eigenvalue weighted by atomic mass is 16.6. The zero-order chi connectivity index (χ0) is 17.5. The topological polar surface area (TPSA) is 41.6 Å². The average molecular weight is 340 g/mol. The maximum atomic E-state index is 11.5. The van der Waals surface area contributed by atoms with Gasteiger partial charge in [0.15, 0.2) is 0 Å². The van der Waals surface area contributed by atoms with Crippen molar-refractivity contribution >= 4 is 5.91 Å². The highest BCUT2D eigenvalue weighted by Crippen LogP contribution is 2.31. The number of carbonyl (C=O) groups is 1. The Morgan fingerprint density at radius 3 is 1.88 bits per heavy atom. The van der Waals surface area contributed by atoms with Gasteiger partial charge in [0.25, 0.3) is 0 Å². The van der Waals surface area contributed by atoms with Gasteiger partial charge in [0.05, 0.1) is 12.2 Å². The summed E-state index contributed by atoms with van der Waals surface area (Å²) in [5, 5.41) is 2.94. The Morgan fingerprint density at radius 2 is 1.29 bits per heavy atom. The van der Waals surface area contributed by atoms with Crippen molar-refractivity contribution in [2.75, 3.05) is 6.54 Å². The van der Waals surface area contributed by atoms with E-state index >= 15 is 0 Å². The van der Waals surface area contributed by atoms with Crippen molar-refractivity contribution in [3.8, 4) is 0 Å². The minimum atomic E-state index is 0.223. The lowest BCUT2D eigenvalue weighted by molar-refractivity contribution is -0.121. The van der Waals surface area contributed by atoms with E-state index in [0.29, 0.717) is 18.6 Å². The lowest BCUT2D eigenvalue weighted by Gasteiger charge is -2.03. The predicted octanol–water partition coefficient (Wildman–Crippen LogP) is 5.76. The summed E-state index contributed by atoms with van der Waals surface area (Å²) in [5.74, 6) is 0.223. The molecule has 0 aromatic heterocycles. The fourth-order valence-electron chi connectivity index (χ4n) is 3.33. The number of unbranched alkanes of at least 4 members (excludes halogenated alkanes) is 9. The molecule has 1 aliphatic heterocycles. The summed E-state index contributed by atoms with van der Waals surface area (Å²) in [6, 6.07) is 0. The van der Waals surface area contributed by atoms with Crippen molar-refractivity contribution < 1.29 is 9.53 Å². The van der Waals surface area contributed by atoms with Gasteiger partial charge < -0.3 is 10.1 Å². The first-order valence-electron chi connectivity index (χ1n) is 10.7. The second-order valence-electron chi connectivity index (χ2n) is 7.43. The first-order valence-corrected chi connectivity index (χ1v) is 10.7. The van der Waals surface area contributed by atoms with Gasteiger partial charge >= 0.3 is 0 Å². The third-order valence-corrected chi connectivity index (χ3v) is 4.99. The Kier molecular flexibility index (Phi) is 13.2. The molecule has 142 valence electrons. The smallest absolute Gasteiger partial charge is 0.219 e. The summed E-state index contributed by atoms with van der Waals surface area (Å²) < 4.78 is 5.79. The van der Waals surface area contributed by atoms with Gasteiger partial charge in [0, 0.05) is 13.0 Å². The SMILES string of the molecule is CCCCCCCCC1OC1CCCCCCCC(=O)NCCC. The molecule has 1 N–H and O–H groups in total. The lowest BCUT2D eigenvalue weighted by atomic mass is 10.0. The van der Waals surface area contributed by atoms with Crippen LogP contribution in [0.3, 0.4) is 0 Å². The molecular formula is C21H41NO2. The first kappa shape index (κ1) is 21.5. The van der Waals surface area contributed by atoms with E-state index in [2.05, 4.69) is 19.2 Å². The second-order valence-corrected chi connectivity index (χ2v) is 7.43. The van der Waals surface area contributed by atoms with E-state index in [1.165, 1.54) is 77.0 Å². The average Bonchev–Trinajstić information content (AvgIpc) is 3.33. The van der Waals surface area contributed by atoms with Gasteiger partial charge in [-0.1, -0.05) is 78.1 Å². The van der Waals surface area contributed by atoms with Crippen LogP contribution >= 0.6 is 0 Å². The fourth-order valence-corrected chi connectivity index (χ4v) is 3.33. The first-order chi connectivity index (χ1) is 11.8. The van der Waals surface area contributed by atoms with Crippen molar-refractivity contribution in [2.45, 2.75) is 122 Å². The van der Waals surface area contributed by atoms with Crippen LogP contribution in [-0.2, 0) is 9.53 Å². The normalized spacial score (nSPS) is 19.4. The molecule has 1 fully saturated rings. The van der Waals surface area contributed by atoms with Gasteiger partial charge in [0.1, 0.15) is 0 Å². The molecule has 1 rings (SSSR count). The minimum absolute atomic E-state index is 0.223. The molecule has 3 heteroatoms. The number of hydrogen-bond donors (Lipinski definition) is 1. The molecule has 24 heavy (non-hydrogen) atoms. The zero-order valence-electron chi connectivity index (χ0n) is 16.3. The lowest BCUT2D eigenvalue weighted by Crippen LogP contribution is -2.23. The number of ether oxygens (including phenoxy) is 1. The van der Waals surface area contributed by atoms with Gasteiger partial charge in [-0.3, -0.25) is 4.79 Å². The summed E-state index contributed by atoms with van der Waals surface area (Å²) in [4.78, 5) is 11.5. The van der Waals surface area contributed by atoms with Gasteiger partial charge in [-0.2, -0.15) is 0 Å². The van der Waals surface area contributed by atoms with Crippen LogP contribution in [0.1, 0.15) is 110 Å². The second kappa shape index (κ2) is 14.7. The third kappa shape index (κ3) is 11.9. The van der Waals surface area contributed by atoms with E-state index in [4.69, 9.17) is 4.74 Å². The van der Waals surface area contributed by atoms with Crippen molar-refractivity contribution in [3.63, 3.8) is 0 Å². The Labute approximate surface area is 150 Å². The molecule has 1 amide bonds. The summed E-state index contributed by atoms with van der Waals surface area (Å²) in [5.41, 5.74) is 0. The van der Waals surface area contributed by atoms with Crippen LogP contribution in [0.5, 0.6) is 0 Å². The summed E-state index contributed by atoms with van der Waals surface area (Å²) in [6.07, 6.45) is 19.8. The zero-order valence-corrected chi connectivity index (χ0v) is 16.3. The molecule has 0 spiro atoms. The molecular weight excluding hydrogens is 298 g/mol. The van der Waals surface area contributed by atoms with E-state index in [1.54, 1.807) is 0 Å². The van der Waals surface area contributed by atoms with Crippen molar-refractivity contribution in [1.29, 1.82) is 0 Å². The number of nitrogens with one attached hydrogen (secondary N) is 1. The molecule has 0 aliphatic carbocycles. The summed E-state index contributed by atoms with van der Waals surface area (Å²) in [6.45, 7) is 5.18. The van der Waals surface area contributed by atoms with E-state index in [1.807, 2.05) is 0 Å². The van der Waals surface area contributed by atoms with Gasteiger partial charge in [-0.05, 0) is 25.7 Å². The van der Waals surface area contributed by atoms with Crippen molar-refractivity contribution in [1.82, 2.24) is 5.32 Å². The molecule has 1 heterocycles. The van der Waals surface area contributed by atoms with Crippen LogP contribution in [0, 0.1) is 0 Å². The number of rotatable bonds is 17. The highest BCUT2D eigenvalue weighted by Gasteiger charge is 2.36. The van der Waals surface area contributed by atoms with E-state index < -0.39 is 0 Å². The maximum Gasteiger partial charge on any atom is 0.219 e. The third-order valence-electron chi connectivity index (χ3n) is 4.99. The van der Waals surface area contributed by atoms with Gasteiger partial charge in [-0.15, -0.1) is 0 Å². The van der Waals surface area contributed by atoms with Crippen LogP contribution in [-0.4, -0.2) is 24.7 Å². The molecule has 3 nitrogen and oxygen atoms in total. The van der Waals surface area contributed by atoms with Gasteiger partial charge in [-0.25, -0.2) is 0 Å². The largest absolute Gasteiger partial charge is 0.370 e. The summed E-state index contributed by atoms with van der Waals surface area (Å²) in [7, 11) is 0. The van der Waals surface area contributed by atoms with Crippen LogP contribution in [0.2, 0.25) is 0 Å². The molecule has 2 atom stereocenters. The van der Waals surface area contributed by atoms with E-state index in [0.717, 1.165) is 19.4 Å². The minimum Gasteiger partial charge on any atom is -0.370 e. The van der Waals surface area contributed by atoms with Crippen LogP contribution in [0.4, 0.5) is 0 Å². The summed E-state index contributed by atoms with van der Waals surface area (Å²) >= 11 is 0. The Balaban J connectivity index is 1.77. The standard InChI is InChI=1S/C21H41NO2/c1-3-5-6-7-9-12-15-19-20(24-19)16-13-10-8-11-14-17-21(23)22-18-4-2/h19-20H,3-18H2,1-2H3,(H,22,23). The predicted molar refractivity (Wildman–Crippen MR) is 102 cm³/mol. The van der Waals surface area contributed by atoms with Crippen molar-refractivity contribution in [3.05, 3.63) is 0 Å². The maximum absolute atomic E-state index is 11.5. The molecule has 0 aromatic rings.